The number of hydrogen-bond donors (Lipinski definition) is 0. The molecule has 0 amide bonds. The number of aryl methyl sites for hydroxylation is 1. The first kappa shape index (κ1) is 6.86. The molecule has 1 heteroatoms. The fourth-order valence-electron chi connectivity index (χ4n) is 1.59. The summed E-state index contributed by atoms with van der Waals surface area (Å²) in [5, 5.41) is 0. The number of benzene rings is 1. The molecule has 1 aliphatic rings. The van der Waals surface area contributed by atoms with Crippen molar-refractivity contribution in [1.29, 1.82) is 0 Å². The Kier molecular flexibility index (Phi) is 1.46. The molecule has 0 saturated carbocycles. The highest BCUT2D eigenvalue weighted by atomic mass is 16.5. The number of fused-ring (bicyclic) bond motifs is 1. The lowest BCUT2D eigenvalue weighted by molar-refractivity contribution is 0.0844. The van der Waals surface area contributed by atoms with Crippen LogP contribution in [-0.4, -0.2) is 7.11 Å². The zero-order chi connectivity index (χ0) is 7.84. The van der Waals surface area contributed by atoms with Gasteiger partial charge in [0.05, 0.1) is 6.10 Å². The van der Waals surface area contributed by atoms with E-state index in [2.05, 4.69) is 25.1 Å². The minimum Gasteiger partial charge on any atom is -0.376 e. The molecule has 11 heavy (non-hydrogen) atoms. The Morgan fingerprint density at radius 2 is 2.27 bits per heavy atom. The van der Waals surface area contributed by atoms with Crippen LogP contribution in [0.2, 0.25) is 0 Å². The van der Waals surface area contributed by atoms with Gasteiger partial charge < -0.3 is 4.74 Å². The fourth-order valence-corrected chi connectivity index (χ4v) is 1.59. The molecule has 1 atom stereocenters. The summed E-state index contributed by atoms with van der Waals surface area (Å²) in [6.07, 6.45) is 1.46. The highest BCUT2D eigenvalue weighted by molar-refractivity contribution is 5.40. The molecule has 1 unspecified atom stereocenters. The summed E-state index contributed by atoms with van der Waals surface area (Å²) in [7, 11) is 1.77. The van der Waals surface area contributed by atoms with E-state index in [9.17, 15) is 0 Å². The molecule has 0 bridgehead atoms. The van der Waals surface area contributed by atoms with Gasteiger partial charge in [-0.25, -0.2) is 0 Å². The molecule has 1 aliphatic carbocycles. The second kappa shape index (κ2) is 2.35. The Labute approximate surface area is 67.0 Å². The summed E-state index contributed by atoms with van der Waals surface area (Å²) in [4.78, 5) is 0. The van der Waals surface area contributed by atoms with Gasteiger partial charge in [0.1, 0.15) is 0 Å². The van der Waals surface area contributed by atoms with Crippen molar-refractivity contribution in [2.75, 3.05) is 7.11 Å². The molecule has 0 heterocycles. The van der Waals surface area contributed by atoms with Crippen molar-refractivity contribution >= 4 is 0 Å². The lowest BCUT2D eigenvalue weighted by Crippen LogP contribution is -2.18. The smallest absolute Gasteiger partial charge is 0.0864 e. The van der Waals surface area contributed by atoms with Crippen LogP contribution in [0.15, 0.2) is 18.2 Å². The third-order valence-electron chi connectivity index (χ3n) is 2.34. The monoisotopic (exact) mass is 148 g/mol. The first-order chi connectivity index (χ1) is 5.31. The number of hydrogen-bond acceptors (Lipinski definition) is 1. The maximum atomic E-state index is 5.27. The highest BCUT2D eigenvalue weighted by Crippen LogP contribution is 2.35. The van der Waals surface area contributed by atoms with Gasteiger partial charge in [-0.05, 0) is 18.1 Å². The molecule has 0 saturated heterocycles. The van der Waals surface area contributed by atoms with E-state index in [1.807, 2.05) is 0 Å². The molecule has 0 aliphatic heterocycles. The zero-order valence-electron chi connectivity index (χ0n) is 6.92. The molecular formula is C10H12O. The Hall–Kier alpha value is -0.820. The standard InChI is InChI=1S/C10H12O/c1-7-3-4-8-6-10(11-2)9(8)5-7/h3-5,10H,6H2,1-2H3. The molecule has 0 radical (unpaired) electrons. The van der Waals surface area contributed by atoms with Gasteiger partial charge in [0.2, 0.25) is 0 Å². The zero-order valence-corrected chi connectivity index (χ0v) is 6.92. The predicted octanol–water partition coefficient (Wildman–Crippen LogP) is 2.24. The summed E-state index contributed by atoms with van der Waals surface area (Å²) in [5.74, 6) is 0. The number of ether oxygens (including phenoxy) is 1. The van der Waals surface area contributed by atoms with Gasteiger partial charge in [-0.1, -0.05) is 23.8 Å². The van der Waals surface area contributed by atoms with E-state index in [1.165, 1.54) is 16.7 Å². The van der Waals surface area contributed by atoms with Crippen LogP contribution < -0.4 is 0 Å². The van der Waals surface area contributed by atoms with Crippen molar-refractivity contribution in [3.05, 3.63) is 34.9 Å². The molecule has 0 fully saturated rings. The molecule has 0 aromatic heterocycles. The third-order valence-corrected chi connectivity index (χ3v) is 2.34. The molecule has 2 rings (SSSR count). The quantitative estimate of drug-likeness (QED) is 0.593. The molecule has 0 N–H and O–H groups in total. The van der Waals surface area contributed by atoms with Gasteiger partial charge in [0.15, 0.2) is 0 Å². The maximum Gasteiger partial charge on any atom is 0.0864 e. The Balaban J connectivity index is 2.37. The van der Waals surface area contributed by atoms with Crippen molar-refractivity contribution in [1.82, 2.24) is 0 Å². The van der Waals surface area contributed by atoms with Gasteiger partial charge in [-0.3, -0.25) is 0 Å². The predicted molar refractivity (Wildman–Crippen MR) is 44.6 cm³/mol. The molecule has 1 nitrogen and oxygen atoms in total. The first-order valence-corrected chi connectivity index (χ1v) is 3.93. The summed E-state index contributed by atoms with van der Waals surface area (Å²) in [5.41, 5.74) is 4.15. The normalized spacial score (nSPS) is 20.7. The number of methoxy groups -OCH3 is 1. The average molecular weight is 148 g/mol. The average Bonchev–Trinajstić information content (AvgIpc) is 1.97. The van der Waals surface area contributed by atoms with Crippen LogP contribution in [0.3, 0.4) is 0 Å². The van der Waals surface area contributed by atoms with Crippen LogP contribution >= 0.6 is 0 Å². The van der Waals surface area contributed by atoms with E-state index < -0.39 is 0 Å². The van der Waals surface area contributed by atoms with Crippen molar-refractivity contribution in [2.24, 2.45) is 0 Å². The molecule has 58 valence electrons. The van der Waals surface area contributed by atoms with Crippen molar-refractivity contribution < 1.29 is 4.74 Å². The lowest BCUT2D eigenvalue weighted by atomic mass is 9.84. The second-order valence-electron chi connectivity index (χ2n) is 3.13. The van der Waals surface area contributed by atoms with Crippen LogP contribution in [0.25, 0.3) is 0 Å². The van der Waals surface area contributed by atoms with E-state index in [1.54, 1.807) is 7.11 Å². The van der Waals surface area contributed by atoms with Crippen LogP contribution in [0, 0.1) is 6.92 Å². The summed E-state index contributed by atoms with van der Waals surface area (Å²) in [6, 6.07) is 6.57. The minimum atomic E-state index is 0.366. The third kappa shape index (κ3) is 0.962. The van der Waals surface area contributed by atoms with Gasteiger partial charge in [0, 0.05) is 13.5 Å². The Morgan fingerprint density at radius 3 is 3.00 bits per heavy atom. The van der Waals surface area contributed by atoms with Crippen molar-refractivity contribution in [3.63, 3.8) is 0 Å². The maximum absolute atomic E-state index is 5.27. The topological polar surface area (TPSA) is 9.23 Å². The van der Waals surface area contributed by atoms with Gasteiger partial charge in [-0.2, -0.15) is 0 Å². The van der Waals surface area contributed by atoms with E-state index in [0.29, 0.717) is 6.10 Å². The minimum absolute atomic E-state index is 0.366. The number of rotatable bonds is 1. The molecule has 1 aromatic rings. The van der Waals surface area contributed by atoms with Crippen LogP contribution in [0.5, 0.6) is 0 Å². The summed E-state index contributed by atoms with van der Waals surface area (Å²) >= 11 is 0. The largest absolute Gasteiger partial charge is 0.376 e. The summed E-state index contributed by atoms with van der Waals surface area (Å²) < 4.78 is 5.27. The molecule has 0 spiro atoms. The van der Waals surface area contributed by atoms with Crippen molar-refractivity contribution in [2.45, 2.75) is 19.4 Å². The summed E-state index contributed by atoms with van der Waals surface area (Å²) in [6.45, 7) is 2.12. The van der Waals surface area contributed by atoms with Crippen molar-refractivity contribution in [3.8, 4) is 0 Å². The second-order valence-corrected chi connectivity index (χ2v) is 3.13. The van der Waals surface area contributed by atoms with E-state index in [-0.39, 0.29) is 0 Å². The van der Waals surface area contributed by atoms with E-state index >= 15 is 0 Å². The van der Waals surface area contributed by atoms with Gasteiger partial charge >= 0.3 is 0 Å². The van der Waals surface area contributed by atoms with Gasteiger partial charge in [-0.15, -0.1) is 0 Å². The Morgan fingerprint density at radius 1 is 1.45 bits per heavy atom. The first-order valence-electron chi connectivity index (χ1n) is 3.93. The van der Waals surface area contributed by atoms with Crippen LogP contribution in [0.4, 0.5) is 0 Å². The fraction of sp³-hybridized carbons (Fsp3) is 0.400. The van der Waals surface area contributed by atoms with Crippen LogP contribution in [0.1, 0.15) is 22.8 Å². The molecular weight excluding hydrogens is 136 g/mol. The highest BCUT2D eigenvalue weighted by Gasteiger charge is 2.24. The Bertz CT molecular complexity index is 278. The van der Waals surface area contributed by atoms with Crippen LogP contribution in [-0.2, 0) is 11.2 Å². The van der Waals surface area contributed by atoms with E-state index in [4.69, 9.17) is 4.74 Å². The van der Waals surface area contributed by atoms with Gasteiger partial charge in [0.25, 0.3) is 0 Å². The SMILES string of the molecule is COC1Cc2ccc(C)cc21. The van der Waals surface area contributed by atoms with E-state index in [0.717, 1.165) is 6.42 Å². The molecule has 1 aromatic carbocycles. The lowest BCUT2D eigenvalue weighted by Gasteiger charge is -2.28.